The fourth-order valence-corrected chi connectivity index (χ4v) is 2.74. The molecule has 0 aromatic heterocycles. The van der Waals surface area contributed by atoms with E-state index in [0.29, 0.717) is 12.5 Å². The summed E-state index contributed by atoms with van der Waals surface area (Å²) in [5.74, 6) is 1.54. The number of halogens is 1. The Labute approximate surface area is 119 Å². The minimum Gasteiger partial charge on any atom is -0.493 e. The van der Waals surface area contributed by atoms with Crippen LogP contribution >= 0.6 is 15.9 Å². The van der Waals surface area contributed by atoms with Crippen molar-refractivity contribution < 1.29 is 4.74 Å². The fraction of sp³-hybridized carbons (Fsp3) is 0.600. The number of benzene rings is 1. The summed E-state index contributed by atoms with van der Waals surface area (Å²) in [6.45, 7) is 5.71. The lowest BCUT2D eigenvalue weighted by atomic mass is 9.90. The van der Waals surface area contributed by atoms with Gasteiger partial charge < -0.3 is 10.5 Å². The molecule has 0 aliphatic carbocycles. The first-order valence-electron chi connectivity index (χ1n) is 6.85. The summed E-state index contributed by atoms with van der Waals surface area (Å²) in [5.41, 5.74) is 7.00. The molecule has 0 aliphatic rings. The number of hydrogen-bond acceptors (Lipinski definition) is 2. The Hall–Kier alpha value is -0.540. The smallest absolute Gasteiger partial charge is 0.133 e. The molecule has 0 fully saturated rings. The molecule has 1 aromatic rings. The average Bonchev–Trinajstić information content (AvgIpc) is 2.37. The molecule has 0 saturated carbocycles. The van der Waals surface area contributed by atoms with Gasteiger partial charge in [0, 0.05) is 0 Å². The van der Waals surface area contributed by atoms with Gasteiger partial charge in [-0.25, -0.2) is 0 Å². The van der Waals surface area contributed by atoms with E-state index >= 15 is 0 Å². The van der Waals surface area contributed by atoms with Crippen LogP contribution in [0.15, 0.2) is 22.7 Å². The minimum atomic E-state index is 0.616. The van der Waals surface area contributed by atoms with E-state index in [9.17, 15) is 0 Å². The van der Waals surface area contributed by atoms with Crippen LogP contribution in [0, 0.1) is 0 Å². The first kappa shape index (κ1) is 15.5. The second kappa shape index (κ2) is 8.54. The molecule has 1 rings (SSSR count). The van der Waals surface area contributed by atoms with E-state index in [4.69, 9.17) is 10.5 Å². The van der Waals surface area contributed by atoms with Gasteiger partial charge in [0.1, 0.15) is 5.75 Å². The van der Waals surface area contributed by atoms with Crippen molar-refractivity contribution >= 4 is 15.9 Å². The number of ether oxygens (including phenoxy) is 1. The molecule has 1 aromatic carbocycles. The van der Waals surface area contributed by atoms with Gasteiger partial charge in [0.2, 0.25) is 0 Å². The van der Waals surface area contributed by atoms with Crippen LogP contribution in [0.2, 0.25) is 0 Å². The van der Waals surface area contributed by atoms with Crippen LogP contribution in [0.4, 0.5) is 0 Å². The predicted molar refractivity (Wildman–Crippen MR) is 81.2 cm³/mol. The van der Waals surface area contributed by atoms with Crippen molar-refractivity contribution in [3.63, 3.8) is 0 Å². The van der Waals surface area contributed by atoms with Gasteiger partial charge >= 0.3 is 0 Å². The predicted octanol–water partition coefficient (Wildman–Crippen LogP) is 4.47. The van der Waals surface area contributed by atoms with E-state index in [0.717, 1.165) is 23.2 Å². The first-order chi connectivity index (χ1) is 8.72. The van der Waals surface area contributed by atoms with E-state index in [1.807, 2.05) is 6.92 Å². The summed E-state index contributed by atoms with van der Waals surface area (Å²) in [6, 6.07) is 6.45. The Morgan fingerprint density at radius 2 is 2.06 bits per heavy atom. The SMILES string of the molecule is CCCC(CCCN)c1ccc(OCC)c(Br)c1. The number of rotatable bonds is 8. The Morgan fingerprint density at radius 1 is 1.28 bits per heavy atom. The molecule has 0 spiro atoms. The molecule has 0 aliphatic heterocycles. The second-order valence-electron chi connectivity index (χ2n) is 4.54. The average molecular weight is 314 g/mol. The van der Waals surface area contributed by atoms with Crippen LogP contribution in [0.25, 0.3) is 0 Å². The molecule has 2 N–H and O–H groups in total. The van der Waals surface area contributed by atoms with Crippen LogP contribution in [0.1, 0.15) is 51.0 Å². The third-order valence-electron chi connectivity index (χ3n) is 3.12. The summed E-state index contributed by atoms with van der Waals surface area (Å²) in [7, 11) is 0. The van der Waals surface area contributed by atoms with Crippen molar-refractivity contribution in [3.8, 4) is 5.75 Å². The zero-order chi connectivity index (χ0) is 13.4. The second-order valence-corrected chi connectivity index (χ2v) is 5.39. The van der Waals surface area contributed by atoms with Crippen molar-refractivity contribution in [1.29, 1.82) is 0 Å². The molecule has 0 radical (unpaired) electrons. The highest BCUT2D eigenvalue weighted by Crippen LogP contribution is 2.32. The molecule has 3 heteroatoms. The van der Waals surface area contributed by atoms with Gasteiger partial charge in [-0.3, -0.25) is 0 Å². The summed E-state index contributed by atoms with van der Waals surface area (Å²) < 4.78 is 6.60. The summed E-state index contributed by atoms with van der Waals surface area (Å²) >= 11 is 3.59. The molecule has 0 bridgehead atoms. The zero-order valence-corrected chi connectivity index (χ0v) is 13.0. The van der Waals surface area contributed by atoms with E-state index in [1.165, 1.54) is 24.8 Å². The largest absolute Gasteiger partial charge is 0.493 e. The topological polar surface area (TPSA) is 35.2 Å². The van der Waals surface area contributed by atoms with Gasteiger partial charge in [-0.2, -0.15) is 0 Å². The number of hydrogen-bond donors (Lipinski definition) is 1. The third kappa shape index (κ3) is 4.62. The molecule has 2 nitrogen and oxygen atoms in total. The molecule has 0 heterocycles. The van der Waals surface area contributed by atoms with Crippen LogP contribution < -0.4 is 10.5 Å². The fourth-order valence-electron chi connectivity index (χ4n) is 2.23. The van der Waals surface area contributed by atoms with Gasteiger partial charge in [-0.1, -0.05) is 19.4 Å². The van der Waals surface area contributed by atoms with Crippen molar-refractivity contribution in [1.82, 2.24) is 0 Å². The van der Waals surface area contributed by atoms with Gasteiger partial charge in [0.15, 0.2) is 0 Å². The summed E-state index contributed by atoms with van der Waals surface area (Å²) in [4.78, 5) is 0. The monoisotopic (exact) mass is 313 g/mol. The van der Waals surface area contributed by atoms with Gasteiger partial charge in [0.25, 0.3) is 0 Å². The molecule has 18 heavy (non-hydrogen) atoms. The van der Waals surface area contributed by atoms with Crippen molar-refractivity contribution in [2.24, 2.45) is 5.73 Å². The normalized spacial score (nSPS) is 12.4. The van der Waals surface area contributed by atoms with Crippen LogP contribution in [0.5, 0.6) is 5.75 Å². The number of nitrogens with two attached hydrogens (primary N) is 1. The zero-order valence-electron chi connectivity index (χ0n) is 11.4. The molecule has 0 saturated heterocycles. The van der Waals surface area contributed by atoms with Crippen molar-refractivity contribution in [2.45, 2.75) is 45.4 Å². The molecular formula is C15H24BrNO. The first-order valence-corrected chi connectivity index (χ1v) is 7.64. The Bertz CT molecular complexity index is 354. The third-order valence-corrected chi connectivity index (χ3v) is 3.74. The van der Waals surface area contributed by atoms with Gasteiger partial charge in [-0.05, 0) is 72.3 Å². The quantitative estimate of drug-likeness (QED) is 0.768. The molecule has 102 valence electrons. The lowest BCUT2D eigenvalue weighted by molar-refractivity contribution is 0.338. The summed E-state index contributed by atoms with van der Waals surface area (Å²) in [5, 5.41) is 0. The van der Waals surface area contributed by atoms with E-state index in [2.05, 4.69) is 41.1 Å². The molecule has 1 unspecified atom stereocenters. The van der Waals surface area contributed by atoms with Gasteiger partial charge in [0.05, 0.1) is 11.1 Å². The molecular weight excluding hydrogens is 290 g/mol. The standard InChI is InChI=1S/C15H24BrNO/c1-3-6-12(7-5-10-17)13-8-9-15(18-4-2)14(16)11-13/h8-9,11-12H,3-7,10,17H2,1-2H3. The van der Waals surface area contributed by atoms with Crippen LogP contribution in [-0.4, -0.2) is 13.2 Å². The van der Waals surface area contributed by atoms with Crippen LogP contribution in [0.3, 0.4) is 0 Å². The maximum atomic E-state index is 5.62. The minimum absolute atomic E-state index is 0.616. The Balaban J connectivity index is 2.81. The maximum absolute atomic E-state index is 5.62. The van der Waals surface area contributed by atoms with E-state index < -0.39 is 0 Å². The lowest BCUT2D eigenvalue weighted by Crippen LogP contribution is -2.05. The summed E-state index contributed by atoms with van der Waals surface area (Å²) in [6.07, 6.45) is 4.70. The van der Waals surface area contributed by atoms with Gasteiger partial charge in [-0.15, -0.1) is 0 Å². The van der Waals surface area contributed by atoms with Crippen molar-refractivity contribution in [3.05, 3.63) is 28.2 Å². The van der Waals surface area contributed by atoms with Crippen molar-refractivity contribution in [2.75, 3.05) is 13.2 Å². The lowest BCUT2D eigenvalue weighted by Gasteiger charge is -2.17. The van der Waals surface area contributed by atoms with Crippen LogP contribution in [-0.2, 0) is 0 Å². The Kier molecular flexibility index (Phi) is 7.36. The molecule has 0 amide bonds. The van der Waals surface area contributed by atoms with E-state index in [-0.39, 0.29) is 0 Å². The highest BCUT2D eigenvalue weighted by atomic mass is 79.9. The maximum Gasteiger partial charge on any atom is 0.133 e. The highest BCUT2D eigenvalue weighted by molar-refractivity contribution is 9.10. The van der Waals surface area contributed by atoms with E-state index in [1.54, 1.807) is 0 Å². The molecule has 1 atom stereocenters. The Morgan fingerprint density at radius 3 is 2.61 bits per heavy atom. The highest BCUT2D eigenvalue weighted by Gasteiger charge is 2.12.